The number of carbonyl (C=O) groups is 2. The van der Waals surface area contributed by atoms with Gasteiger partial charge in [0.2, 0.25) is 11.8 Å². The van der Waals surface area contributed by atoms with E-state index in [0.717, 1.165) is 6.07 Å². The summed E-state index contributed by atoms with van der Waals surface area (Å²) in [6.07, 6.45) is 3.18. The number of nitrogens with zero attached hydrogens (tertiary/aromatic N) is 2. The van der Waals surface area contributed by atoms with E-state index in [2.05, 4.69) is 10.6 Å². The first-order valence-corrected chi connectivity index (χ1v) is 9.89. The molecule has 0 spiro atoms. The number of nitrogens with two attached hydrogens (primary N) is 3. The molecule has 1 aromatic carbocycles. The van der Waals surface area contributed by atoms with E-state index >= 15 is 0 Å². The third kappa shape index (κ3) is 8.92. The number of carbonyl (C=O) groups excluding carboxylic acids is 2. The van der Waals surface area contributed by atoms with E-state index in [9.17, 15) is 29.8 Å². The van der Waals surface area contributed by atoms with Crippen molar-refractivity contribution in [1.29, 1.82) is 0 Å². The zero-order valence-electron chi connectivity index (χ0n) is 17.1. The van der Waals surface area contributed by atoms with Gasteiger partial charge < -0.3 is 27.8 Å². The first-order valence-electron chi connectivity index (χ1n) is 9.89. The Kier molecular flexibility index (Phi) is 10.8. The van der Waals surface area contributed by atoms with Gasteiger partial charge in [0.15, 0.2) is 0 Å². The molecule has 0 heterocycles. The third-order valence-corrected chi connectivity index (χ3v) is 4.59. The van der Waals surface area contributed by atoms with Crippen molar-refractivity contribution in [1.82, 2.24) is 5.32 Å². The van der Waals surface area contributed by atoms with Crippen LogP contribution in [0.15, 0.2) is 18.2 Å². The molecule has 0 saturated heterocycles. The molecule has 0 aliphatic carbocycles. The van der Waals surface area contributed by atoms with Crippen molar-refractivity contribution in [2.24, 2.45) is 17.2 Å². The molecule has 0 radical (unpaired) electrons. The first kappa shape index (κ1) is 25.7. The second-order valence-corrected chi connectivity index (χ2v) is 6.99. The lowest BCUT2D eigenvalue weighted by molar-refractivity contribution is -0.393. The SMILES string of the molecule is NCCCC[C@H](NC(=O)[C@@H](N)CCCCNc1ccc([N+](=O)[O-])cc1[N+](=O)[O-])C(N)=O. The van der Waals surface area contributed by atoms with Gasteiger partial charge in [-0.15, -0.1) is 0 Å². The highest BCUT2D eigenvalue weighted by Crippen LogP contribution is 2.28. The molecule has 1 rings (SSSR count). The summed E-state index contributed by atoms with van der Waals surface area (Å²) in [4.78, 5) is 44.1. The van der Waals surface area contributed by atoms with Gasteiger partial charge in [0.05, 0.1) is 22.0 Å². The zero-order valence-corrected chi connectivity index (χ0v) is 17.1. The number of nitro benzene ring substituents is 2. The van der Waals surface area contributed by atoms with Crippen LogP contribution in [-0.2, 0) is 9.59 Å². The van der Waals surface area contributed by atoms with Crippen LogP contribution in [0.5, 0.6) is 0 Å². The maximum absolute atomic E-state index is 12.2. The molecule has 0 fully saturated rings. The molecule has 0 unspecified atom stereocenters. The fourth-order valence-electron chi connectivity index (χ4n) is 2.83. The van der Waals surface area contributed by atoms with Gasteiger partial charge in [0, 0.05) is 12.6 Å². The van der Waals surface area contributed by atoms with E-state index < -0.39 is 39.4 Å². The molecule has 2 atom stereocenters. The molecule has 0 aliphatic rings. The quantitative estimate of drug-likeness (QED) is 0.146. The van der Waals surface area contributed by atoms with E-state index in [0.29, 0.717) is 51.6 Å². The number of non-ortho nitro benzene ring substituents is 1. The summed E-state index contributed by atoms with van der Waals surface area (Å²) >= 11 is 0. The van der Waals surface area contributed by atoms with Crippen LogP contribution in [0, 0.1) is 20.2 Å². The molecule has 0 saturated carbocycles. The summed E-state index contributed by atoms with van der Waals surface area (Å²) in [7, 11) is 0. The zero-order chi connectivity index (χ0) is 23.4. The van der Waals surface area contributed by atoms with Crippen molar-refractivity contribution in [2.45, 2.75) is 50.6 Å². The molecule has 0 aliphatic heterocycles. The van der Waals surface area contributed by atoms with Crippen molar-refractivity contribution in [3.8, 4) is 0 Å². The topological polar surface area (TPSA) is 223 Å². The van der Waals surface area contributed by atoms with Gasteiger partial charge in [0.25, 0.3) is 11.4 Å². The third-order valence-electron chi connectivity index (χ3n) is 4.59. The number of anilines is 1. The Morgan fingerprint density at radius 1 is 1.03 bits per heavy atom. The summed E-state index contributed by atoms with van der Waals surface area (Å²) in [5.74, 6) is -1.11. The predicted molar refractivity (Wildman–Crippen MR) is 114 cm³/mol. The van der Waals surface area contributed by atoms with Crippen molar-refractivity contribution in [3.05, 3.63) is 38.4 Å². The highest BCUT2D eigenvalue weighted by Gasteiger charge is 2.22. The number of hydrogen-bond donors (Lipinski definition) is 5. The van der Waals surface area contributed by atoms with Gasteiger partial charge in [-0.05, 0) is 51.1 Å². The fourth-order valence-corrected chi connectivity index (χ4v) is 2.83. The van der Waals surface area contributed by atoms with Crippen LogP contribution in [-0.4, -0.2) is 46.8 Å². The van der Waals surface area contributed by atoms with Crippen LogP contribution in [0.2, 0.25) is 0 Å². The Balaban J connectivity index is 2.45. The number of primary amides is 1. The minimum atomic E-state index is -0.829. The van der Waals surface area contributed by atoms with E-state index in [-0.39, 0.29) is 11.4 Å². The summed E-state index contributed by atoms with van der Waals surface area (Å²) < 4.78 is 0. The predicted octanol–water partition coefficient (Wildman–Crippen LogP) is 0.512. The second kappa shape index (κ2) is 13.1. The van der Waals surface area contributed by atoms with Crippen LogP contribution < -0.4 is 27.8 Å². The molecule has 0 bridgehead atoms. The molecule has 13 heteroatoms. The lowest BCUT2D eigenvalue weighted by Crippen LogP contribution is -2.50. The molecule has 1 aromatic rings. The Bertz CT molecular complexity index is 789. The summed E-state index contributed by atoms with van der Waals surface area (Å²) in [5, 5.41) is 27.3. The van der Waals surface area contributed by atoms with E-state index in [1.54, 1.807) is 0 Å². The van der Waals surface area contributed by atoms with Crippen molar-refractivity contribution >= 4 is 28.9 Å². The summed E-state index contributed by atoms with van der Waals surface area (Å²) in [6, 6.07) is 1.73. The molecule has 13 nitrogen and oxygen atoms in total. The molecular weight excluding hydrogens is 410 g/mol. The maximum atomic E-state index is 12.2. The Morgan fingerprint density at radius 3 is 2.29 bits per heavy atom. The first-order chi connectivity index (χ1) is 14.7. The monoisotopic (exact) mass is 439 g/mol. The van der Waals surface area contributed by atoms with E-state index in [4.69, 9.17) is 17.2 Å². The van der Waals surface area contributed by atoms with Crippen molar-refractivity contribution in [2.75, 3.05) is 18.4 Å². The molecule has 8 N–H and O–H groups in total. The molecular formula is C18H29N7O6. The molecule has 172 valence electrons. The minimum absolute atomic E-state index is 0.166. The van der Waals surface area contributed by atoms with Crippen molar-refractivity contribution < 1.29 is 19.4 Å². The lowest BCUT2D eigenvalue weighted by Gasteiger charge is -2.18. The smallest absolute Gasteiger partial charge is 0.299 e. The number of benzene rings is 1. The Labute approximate surface area is 179 Å². The van der Waals surface area contributed by atoms with Gasteiger partial charge in [-0.25, -0.2) is 0 Å². The molecule has 0 aromatic heterocycles. The van der Waals surface area contributed by atoms with Crippen LogP contribution in [0.4, 0.5) is 17.1 Å². The van der Waals surface area contributed by atoms with Gasteiger partial charge in [-0.1, -0.05) is 0 Å². The average molecular weight is 439 g/mol. The number of rotatable bonds is 15. The largest absolute Gasteiger partial charge is 0.379 e. The maximum Gasteiger partial charge on any atom is 0.299 e. The van der Waals surface area contributed by atoms with E-state index in [1.807, 2.05) is 0 Å². The average Bonchev–Trinajstić information content (AvgIpc) is 2.72. The number of amides is 2. The number of hydrogen-bond acceptors (Lipinski definition) is 9. The number of nitrogens with one attached hydrogen (secondary N) is 2. The van der Waals surface area contributed by atoms with Gasteiger partial charge in [0.1, 0.15) is 11.7 Å². The lowest BCUT2D eigenvalue weighted by atomic mass is 10.1. The van der Waals surface area contributed by atoms with Crippen LogP contribution in [0.1, 0.15) is 38.5 Å². The Morgan fingerprint density at radius 2 is 1.71 bits per heavy atom. The van der Waals surface area contributed by atoms with Gasteiger partial charge >= 0.3 is 0 Å². The highest BCUT2D eigenvalue weighted by atomic mass is 16.6. The van der Waals surface area contributed by atoms with Crippen molar-refractivity contribution in [3.63, 3.8) is 0 Å². The van der Waals surface area contributed by atoms with Gasteiger partial charge in [-0.2, -0.15) is 0 Å². The van der Waals surface area contributed by atoms with E-state index in [1.165, 1.54) is 12.1 Å². The molecule has 2 amide bonds. The number of unbranched alkanes of at least 4 members (excludes halogenated alkanes) is 2. The van der Waals surface area contributed by atoms with Crippen LogP contribution >= 0.6 is 0 Å². The highest BCUT2D eigenvalue weighted by molar-refractivity contribution is 5.88. The number of nitro groups is 2. The standard InChI is InChI=1S/C18H29N7O6/c19-9-3-1-6-15(17(21)26)23-18(27)13(20)5-2-4-10-22-14-8-7-12(24(28)29)11-16(14)25(30)31/h7-8,11,13,15,22H,1-6,9-10,19-20H2,(H2,21,26)(H,23,27)/t13-,15-/m0/s1. The van der Waals surface area contributed by atoms with Gasteiger partial charge in [-0.3, -0.25) is 29.8 Å². The van der Waals surface area contributed by atoms with Crippen LogP contribution in [0.25, 0.3) is 0 Å². The Hall–Kier alpha value is -3.32. The van der Waals surface area contributed by atoms with Crippen LogP contribution in [0.3, 0.4) is 0 Å². The fraction of sp³-hybridized carbons (Fsp3) is 0.556. The minimum Gasteiger partial charge on any atom is -0.379 e. The molecule has 31 heavy (non-hydrogen) atoms. The normalized spacial score (nSPS) is 12.6. The second-order valence-electron chi connectivity index (χ2n) is 6.99. The summed E-state index contributed by atoms with van der Waals surface area (Å²) in [6.45, 7) is 0.825. The summed E-state index contributed by atoms with van der Waals surface area (Å²) in [5.41, 5.74) is 16.0.